The number of para-hydroxylation sites is 1. The van der Waals surface area contributed by atoms with Crippen LogP contribution in [0.5, 0.6) is 0 Å². The molecule has 0 atom stereocenters. The highest BCUT2D eigenvalue weighted by Gasteiger charge is 2.44. The second-order valence-corrected chi connectivity index (χ2v) is 5.45. The molecule has 0 radical (unpaired) electrons. The Kier molecular flexibility index (Phi) is 2.84. The molecule has 1 aromatic rings. The summed E-state index contributed by atoms with van der Waals surface area (Å²) in [5.74, 6) is -0.718. The zero-order chi connectivity index (χ0) is 12.6. The Morgan fingerprint density at radius 2 is 2.06 bits per heavy atom. The van der Waals surface area contributed by atoms with Crippen LogP contribution in [0.3, 0.4) is 0 Å². The van der Waals surface area contributed by atoms with Crippen LogP contribution >= 0.6 is 0 Å². The van der Waals surface area contributed by atoms with E-state index in [2.05, 4.69) is 34.5 Å². The molecule has 0 unspecified atom stereocenters. The van der Waals surface area contributed by atoms with Gasteiger partial charge in [-0.15, -0.1) is 0 Å². The summed E-state index contributed by atoms with van der Waals surface area (Å²) in [6.07, 6.45) is 2.15. The molecule has 0 saturated carbocycles. The zero-order valence-corrected chi connectivity index (χ0v) is 10.4. The van der Waals surface area contributed by atoms with Crippen LogP contribution in [0.2, 0.25) is 0 Å². The average molecular weight is 247 g/mol. The molecule has 2 aliphatic rings. The molecule has 0 amide bonds. The van der Waals surface area contributed by atoms with E-state index in [9.17, 15) is 4.79 Å². The van der Waals surface area contributed by atoms with Crippen molar-refractivity contribution in [2.75, 3.05) is 26.2 Å². The number of rotatable bonds is 2. The first-order valence-electron chi connectivity index (χ1n) is 6.56. The van der Waals surface area contributed by atoms with Gasteiger partial charge in [0.25, 0.3) is 0 Å². The average Bonchev–Trinajstić information content (AvgIpc) is 2.72. The van der Waals surface area contributed by atoms with Crippen molar-refractivity contribution in [3.8, 4) is 0 Å². The van der Waals surface area contributed by atoms with E-state index in [1.54, 1.807) is 0 Å². The van der Waals surface area contributed by atoms with Gasteiger partial charge < -0.3 is 10.4 Å². The van der Waals surface area contributed by atoms with Crippen molar-refractivity contribution < 1.29 is 15.2 Å². The Balaban J connectivity index is 1.75. The number of carbonyl (C=O) groups is 1. The highest BCUT2D eigenvalue weighted by Crippen LogP contribution is 2.39. The summed E-state index contributed by atoms with van der Waals surface area (Å²) in [6.45, 7) is 3.09. The van der Waals surface area contributed by atoms with Gasteiger partial charge in [-0.25, -0.2) is 0 Å². The van der Waals surface area contributed by atoms with Crippen molar-refractivity contribution >= 4 is 11.7 Å². The van der Waals surface area contributed by atoms with Crippen molar-refractivity contribution in [2.24, 2.45) is 0 Å². The Labute approximate surface area is 107 Å². The van der Waals surface area contributed by atoms with Gasteiger partial charge in [-0.2, -0.15) is 0 Å². The predicted molar refractivity (Wildman–Crippen MR) is 67.9 cm³/mol. The van der Waals surface area contributed by atoms with E-state index in [0.29, 0.717) is 0 Å². The molecule has 1 fully saturated rings. The summed E-state index contributed by atoms with van der Waals surface area (Å²) in [6, 6.07) is 8.64. The van der Waals surface area contributed by atoms with Crippen molar-refractivity contribution in [1.29, 1.82) is 0 Å². The predicted octanol–water partition coefficient (Wildman–Crippen LogP) is 0.313. The smallest absolute Gasteiger partial charge is 0.317 e. The fourth-order valence-corrected chi connectivity index (χ4v) is 3.38. The molecule has 1 saturated heterocycles. The van der Waals surface area contributed by atoms with Crippen molar-refractivity contribution in [3.63, 3.8) is 0 Å². The number of aliphatic carboxylic acids is 1. The Morgan fingerprint density at radius 3 is 2.78 bits per heavy atom. The summed E-state index contributed by atoms with van der Waals surface area (Å²) in [5, 5.41) is 11.2. The van der Waals surface area contributed by atoms with Crippen LogP contribution < -0.4 is 5.32 Å². The topological polar surface area (TPSA) is 57.1 Å². The maximum atomic E-state index is 10.7. The summed E-state index contributed by atoms with van der Waals surface area (Å²) < 4.78 is 0. The van der Waals surface area contributed by atoms with Crippen LogP contribution in [-0.4, -0.2) is 42.2 Å². The SMILES string of the molecule is O=C(O)CN1CCC2(CC1)C[NH2+]c1ccccc12. The third kappa shape index (κ3) is 1.91. The van der Waals surface area contributed by atoms with Gasteiger partial charge in [0.2, 0.25) is 0 Å². The number of carboxylic acid groups (broad SMARTS) is 1. The highest BCUT2D eigenvalue weighted by molar-refractivity contribution is 5.69. The number of hydrogen-bond acceptors (Lipinski definition) is 2. The minimum atomic E-state index is -0.718. The Morgan fingerprint density at radius 1 is 1.33 bits per heavy atom. The fourth-order valence-electron chi connectivity index (χ4n) is 3.38. The number of fused-ring (bicyclic) bond motifs is 2. The van der Waals surface area contributed by atoms with E-state index in [0.717, 1.165) is 32.5 Å². The third-order valence-electron chi connectivity index (χ3n) is 4.42. The van der Waals surface area contributed by atoms with E-state index in [-0.39, 0.29) is 12.0 Å². The number of quaternary nitrogens is 1. The Hall–Kier alpha value is -1.39. The largest absolute Gasteiger partial charge is 0.480 e. The molecular formula is C14H19N2O2+. The molecule has 96 valence electrons. The molecule has 18 heavy (non-hydrogen) atoms. The van der Waals surface area contributed by atoms with Gasteiger partial charge >= 0.3 is 5.97 Å². The van der Waals surface area contributed by atoms with Crippen LogP contribution in [0.25, 0.3) is 0 Å². The number of benzene rings is 1. The van der Waals surface area contributed by atoms with Gasteiger partial charge in [0, 0.05) is 5.56 Å². The number of nitrogens with zero attached hydrogens (tertiary/aromatic N) is 1. The standard InChI is InChI=1S/C14H18N2O2/c17-13(18)9-16-7-5-14(6-8-16)10-15-12-4-2-1-3-11(12)14/h1-4,15H,5-10H2,(H,17,18)/p+1. The molecule has 1 spiro atoms. The van der Waals surface area contributed by atoms with Crippen molar-refractivity contribution in [1.82, 2.24) is 4.90 Å². The monoisotopic (exact) mass is 247 g/mol. The van der Waals surface area contributed by atoms with Crippen LogP contribution in [0, 0.1) is 0 Å². The molecule has 0 aromatic heterocycles. The minimum absolute atomic E-state index is 0.182. The van der Waals surface area contributed by atoms with E-state index >= 15 is 0 Å². The van der Waals surface area contributed by atoms with E-state index in [4.69, 9.17) is 5.11 Å². The summed E-state index contributed by atoms with van der Waals surface area (Å²) >= 11 is 0. The first kappa shape index (κ1) is 11.7. The molecule has 3 rings (SSSR count). The van der Waals surface area contributed by atoms with Crippen molar-refractivity contribution in [3.05, 3.63) is 29.8 Å². The quantitative estimate of drug-likeness (QED) is 0.740. The highest BCUT2D eigenvalue weighted by atomic mass is 16.4. The third-order valence-corrected chi connectivity index (χ3v) is 4.42. The van der Waals surface area contributed by atoms with Crippen LogP contribution in [0.15, 0.2) is 24.3 Å². The van der Waals surface area contributed by atoms with Gasteiger partial charge in [-0.3, -0.25) is 9.69 Å². The van der Waals surface area contributed by atoms with Gasteiger partial charge in [0.1, 0.15) is 5.69 Å². The molecule has 4 nitrogen and oxygen atoms in total. The fraction of sp³-hybridized carbons (Fsp3) is 0.500. The minimum Gasteiger partial charge on any atom is -0.480 e. The number of nitrogens with two attached hydrogens (primary N) is 1. The molecule has 3 N–H and O–H groups in total. The molecule has 2 aliphatic heterocycles. The lowest BCUT2D eigenvalue weighted by Crippen LogP contribution is -2.78. The lowest BCUT2D eigenvalue weighted by Gasteiger charge is -2.37. The maximum absolute atomic E-state index is 10.7. The second-order valence-electron chi connectivity index (χ2n) is 5.45. The van der Waals surface area contributed by atoms with Gasteiger partial charge in [-0.1, -0.05) is 18.2 Å². The molecule has 2 heterocycles. The van der Waals surface area contributed by atoms with E-state index < -0.39 is 5.97 Å². The van der Waals surface area contributed by atoms with Crippen LogP contribution in [0.4, 0.5) is 5.69 Å². The maximum Gasteiger partial charge on any atom is 0.317 e. The summed E-state index contributed by atoms with van der Waals surface area (Å²) in [4.78, 5) is 12.8. The van der Waals surface area contributed by atoms with Gasteiger partial charge in [0.15, 0.2) is 0 Å². The molecule has 0 aliphatic carbocycles. The van der Waals surface area contributed by atoms with E-state index in [1.807, 2.05) is 0 Å². The van der Waals surface area contributed by atoms with E-state index in [1.165, 1.54) is 11.3 Å². The summed E-state index contributed by atoms with van der Waals surface area (Å²) in [7, 11) is 0. The first-order chi connectivity index (χ1) is 8.70. The summed E-state index contributed by atoms with van der Waals surface area (Å²) in [5.41, 5.74) is 3.13. The van der Waals surface area contributed by atoms with Crippen LogP contribution in [-0.2, 0) is 10.2 Å². The lowest BCUT2D eigenvalue weighted by molar-refractivity contribution is -0.569. The number of hydrogen-bond donors (Lipinski definition) is 2. The first-order valence-corrected chi connectivity index (χ1v) is 6.56. The second kappa shape index (κ2) is 4.37. The molecule has 1 aromatic carbocycles. The number of piperidine rings is 1. The zero-order valence-electron chi connectivity index (χ0n) is 10.4. The van der Waals surface area contributed by atoms with Gasteiger partial charge in [0.05, 0.1) is 18.5 Å². The molecule has 4 heteroatoms. The Bertz CT molecular complexity index is 465. The number of likely N-dealkylation sites (tertiary alicyclic amines) is 1. The van der Waals surface area contributed by atoms with Crippen LogP contribution in [0.1, 0.15) is 18.4 Å². The lowest BCUT2D eigenvalue weighted by atomic mass is 9.74. The van der Waals surface area contributed by atoms with Gasteiger partial charge in [-0.05, 0) is 32.0 Å². The molecule has 0 bridgehead atoms. The normalized spacial score (nSPS) is 22.0. The van der Waals surface area contributed by atoms with Crippen molar-refractivity contribution in [2.45, 2.75) is 18.3 Å². The number of carboxylic acids is 1. The molecular weight excluding hydrogens is 228 g/mol.